The first kappa shape index (κ1) is 14.6. The third-order valence-electron chi connectivity index (χ3n) is 2.83. The first-order chi connectivity index (χ1) is 7.75. The summed E-state index contributed by atoms with van der Waals surface area (Å²) in [7, 11) is 0. The molecule has 0 unspecified atom stereocenters. The van der Waals surface area contributed by atoms with Crippen LogP contribution in [0.3, 0.4) is 0 Å². The number of rotatable bonds is 3. The molecular weight excluding hydrogens is 264 g/mol. The molecule has 17 heavy (non-hydrogen) atoms. The Hall–Kier alpha value is -0.510. The second-order valence-corrected chi connectivity index (χ2v) is 4.49. The average molecular weight is 280 g/mol. The number of hydrogen-bond donors (Lipinski definition) is 1. The van der Waals surface area contributed by atoms with Crippen molar-refractivity contribution in [3.05, 3.63) is 29.0 Å². The summed E-state index contributed by atoms with van der Waals surface area (Å²) in [5.74, 6) is 0.809. The van der Waals surface area contributed by atoms with Gasteiger partial charge in [-0.1, -0.05) is 11.6 Å². The number of hydrogen-bond acceptors (Lipinski definition) is 2. The van der Waals surface area contributed by atoms with E-state index in [1.807, 2.05) is 0 Å². The minimum absolute atomic E-state index is 0. The molecule has 96 valence electrons. The van der Waals surface area contributed by atoms with Gasteiger partial charge in [-0.05, 0) is 50.0 Å². The number of halogens is 3. The van der Waals surface area contributed by atoms with E-state index >= 15 is 0 Å². The average Bonchev–Trinajstić information content (AvgIpc) is 2.29. The van der Waals surface area contributed by atoms with Crippen LogP contribution in [-0.4, -0.2) is 19.7 Å². The zero-order valence-corrected chi connectivity index (χ0v) is 11.0. The zero-order chi connectivity index (χ0) is 11.4. The molecule has 1 saturated heterocycles. The Balaban J connectivity index is 0.00000144. The Bertz CT molecular complexity index is 356. The van der Waals surface area contributed by atoms with Crippen LogP contribution in [0.25, 0.3) is 0 Å². The van der Waals surface area contributed by atoms with Crippen molar-refractivity contribution in [2.24, 2.45) is 5.92 Å². The van der Waals surface area contributed by atoms with Gasteiger partial charge in [-0.3, -0.25) is 0 Å². The van der Waals surface area contributed by atoms with Gasteiger partial charge in [0.25, 0.3) is 0 Å². The Morgan fingerprint density at radius 1 is 1.35 bits per heavy atom. The molecule has 0 amide bonds. The summed E-state index contributed by atoms with van der Waals surface area (Å²) in [6.45, 7) is 2.75. The maximum absolute atomic E-state index is 12.8. The van der Waals surface area contributed by atoms with Crippen LogP contribution in [0.2, 0.25) is 5.02 Å². The molecule has 0 bridgehead atoms. The third kappa shape index (κ3) is 4.34. The quantitative estimate of drug-likeness (QED) is 0.917. The molecule has 0 saturated carbocycles. The molecule has 0 aliphatic carbocycles. The highest BCUT2D eigenvalue weighted by molar-refractivity contribution is 6.32. The van der Waals surface area contributed by atoms with E-state index in [1.165, 1.54) is 12.1 Å². The fourth-order valence-corrected chi connectivity index (χ4v) is 2.07. The molecule has 1 aliphatic rings. The van der Waals surface area contributed by atoms with E-state index in [0.29, 0.717) is 23.3 Å². The topological polar surface area (TPSA) is 21.3 Å². The van der Waals surface area contributed by atoms with Gasteiger partial charge >= 0.3 is 0 Å². The van der Waals surface area contributed by atoms with Crippen LogP contribution in [0, 0.1) is 11.7 Å². The van der Waals surface area contributed by atoms with Crippen molar-refractivity contribution >= 4 is 24.0 Å². The molecule has 5 heteroatoms. The van der Waals surface area contributed by atoms with E-state index in [2.05, 4.69) is 5.32 Å². The highest BCUT2D eigenvalue weighted by Crippen LogP contribution is 2.26. The van der Waals surface area contributed by atoms with E-state index in [1.54, 1.807) is 6.07 Å². The number of ether oxygens (including phenoxy) is 1. The number of benzene rings is 1. The molecule has 2 nitrogen and oxygen atoms in total. The van der Waals surface area contributed by atoms with Crippen molar-refractivity contribution in [1.82, 2.24) is 5.32 Å². The lowest BCUT2D eigenvalue weighted by Crippen LogP contribution is -2.30. The van der Waals surface area contributed by atoms with E-state index < -0.39 is 0 Å². The Kier molecular flexibility index (Phi) is 6.03. The highest BCUT2D eigenvalue weighted by atomic mass is 35.5. The second-order valence-electron chi connectivity index (χ2n) is 4.08. The molecule has 0 aromatic heterocycles. The fraction of sp³-hybridized carbons (Fsp3) is 0.500. The van der Waals surface area contributed by atoms with Gasteiger partial charge in [0.2, 0.25) is 0 Å². The Morgan fingerprint density at radius 3 is 2.71 bits per heavy atom. The van der Waals surface area contributed by atoms with E-state index in [0.717, 1.165) is 25.9 Å². The number of piperidine rings is 1. The first-order valence-electron chi connectivity index (χ1n) is 5.54. The Labute approximate surface area is 112 Å². The summed E-state index contributed by atoms with van der Waals surface area (Å²) in [6.07, 6.45) is 2.25. The predicted molar refractivity (Wildman–Crippen MR) is 69.7 cm³/mol. The molecule has 1 heterocycles. The third-order valence-corrected chi connectivity index (χ3v) is 3.12. The first-order valence-corrected chi connectivity index (χ1v) is 5.92. The standard InChI is InChI=1S/C12H15ClFNO.ClH/c13-11-7-10(14)1-2-12(11)16-8-9-3-5-15-6-4-9;/h1-2,7,9,15H,3-6,8H2;1H. The van der Waals surface area contributed by atoms with Crippen LogP contribution in [0.4, 0.5) is 4.39 Å². The predicted octanol–water partition coefficient (Wildman–Crippen LogP) is 3.28. The van der Waals surface area contributed by atoms with Gasteiger partial charge in [0.15, 0.2) is 0 Å². The number of nitrogens with one attached hydrogen (secondary N) is 1. The van der Waals surface area contributed by atoms with Crippen molar-refractivity contribution in [2.75, 3.05) is 19.7 Å². The summed E-state index contributed by atoms with van der Waals surface area (Å²) in [5, 5.41) is 3.64. The highest BCUT2D eigenvalue weighted by Gasteiger charge is 2.14. The van der Waals surface area contributed by atoms with Crippen LogP contribution in [0.1, 0.15) is 12.8 Å². The van der Waals surface area contributed by atoms with Gasteiger partial charge in [0.1, 0.15) is 11.6 Å². The molecule has 0 atom stereocenters. The molecule has 1 aromatic carbocycles. The molecule has 0 spiro atoms. The lowest BCUT2D eigenvalue weighted by Gasteiger charge is -2.22. The van der Waals surface area contributed by atoms with Gasteiger partial charge in [-0.2, -0.15) is 0 Å². The molecular formula is C12H16Cl2FNO. The summed E-state index contributed by atoms with van der Waals surface area (Å²) in [4.78, 5) is 0. The van der Waals surface area contributed by atoms with E-state index in [4.69, 9.17) is 16.3 Å². The van der Waals surface area contributed by atoms with E-state index in [9.17, 15) is 4.39 Å². The SMILES string of the molecule is Cl.Fc1ccc(OCC2CCNCC2)c(Cl)c1. The fourth-order valence-electron chi connectivity index (χ4n) is 1.85. The summed E-state index contributed by atoms with van der Waals surface area (Å²) in [6, 6.07) is 4.22. The lowest BCUT2D eigenvalue weighted by molar-refractivity contribution is 0.215. The van der Waals surface area contributed by atoms with Gasteiger partial charge in [0, 0.05) is 0 Å². The van der Waals surface area contributed by atoms with Crippen molar-refractivity contribution in [1.29, 1.82) is 0 Å². The lowest BCUT2D eigenvalue weighted by atomic mass is 9.99. The van der Waals surface area contributed by atoms with Crippen LogP contribution in [0.15, 0.2) is 18.2 Å². The van der Waals surface area contributed by atoms with Crippen LogP contribution >= 0.6 is 24.0 Å². The summed E-state index contributed by atoms with van der Waals surface area (Å²) in [5.41, 5.74) is 0. The largest absolute Gasteiger partial charge is 0.492 e. The summed E-state index contributed by atoms with van der Waals surface area (Å²) >= 11 is 5.87. The second kappa shape index (κ2) is 7.04. The van der Waals surface area contributed by atoms with Crippen molar-refractivity contribution in [2.45, 2.75) is 12.8 Å². The zero-order valence-electron chi connectivity index (χ0n) is 9.42. The van der Waals surface area contributed by atoms with Crippen molar-refractivity contribution < 1.29 is 9.13 Å². The maximum atomic E-state index is 12.8. The normalized spacial score (nSPS) is 16.4. The van der Waals surface area contributed by atoms with Gasteiger partial charge in [-0.15, -0.1) is 12.4 Å². The smallest absolute Gasteiger partial charge is 0.138 e. The van der Waals surface area contributed by atoms with Crippen molar-refractivity contribution in [3.63, 3.8) is 0 Å². The van der Waals surface area contributed by atoms with Gasteiger partial charge in [-0.25, -0.2) is 4.39 Å². The van der Waals surface area contributed by atoms with Crippen LogP contribution in [-0.2, 0) is 0 Å². The van der Waals surface area contributed by atoms with Crippen LogP contribution < -0.4 is 10.1 Å². The minimum Gasteiger partial charge on any atom is -0.492 e. The molecule has 2 rings (SSSR count). The minimum atomic E-state index is -0.334. The molecule has 1 N–H and O–H groups in total. The molecule has 1 aliphatic heterocycles. The molecule has 1 fully saturated rings. The molecule has 0 radical (unpaired) electrons. The van der Waals surface area contributed by atoms with Gasteiger partial charge < -0.3 is 10.1 Å². The van der Waals surface area contributed by atoms with Gasteiger partial charge in [0.05, 0.1) is 11.6 Å². The monoisotopic (exact) mass is 279 g/mol. The van der Waals surface area contributed by atoms with Crippen LogP contribution in [0.5, 0.6) is 5.75 Å². The van der Waals surface area contributed by atoms with Crippen molar-refractivity contribution in [3.8, 4) is 5.75 Å². The summed E-state index contributed by atoms with van der Waals surface area (Å²) < 4.78 is 18.4. The Morgan fingerprint density at radius 2 is 2.06 bits per heavy atom. The molecule has 1 aromatic rings. The maximum Gasteiger partial charge on any atom is 0.138 e. The van der Waals surface area contributed by atoms with E-state index in [-0.39, 0.29) is 18.2 Å².